The largest absolute Gasteiger partial charge is 0.477 e. The summed E-state index contributed by atoms with van der Waals surface area (Å²) >= 11 is 0. The fourth-order valence-electron chi connectivity index (χ4n) is 5.96. The molecule has 1 N–H and O–H groups in total. The maximum Gasteiger partial charge on any atom is 0.407 e. The molecule has 6 heteroatoms. The Morgan fingerprint density at radius 2 is 1.91 bits per heavy atom. The lowest BCUT2D eigenvalue weighted by Crippen LogP contribution is -2.53. The highest BCUT2D eigenvalue weighted by atomic mass is 16.6. The number of alkyl carbamates (subject to hydrolysis) is 1. The van der Waals surface area contributed by atoms with Gasteiger partial charge in [-0.25, -0.2) is 9.78 Å². The number of benzene rings is 1. The van der Waals surface area contributed by atoms with Crippen LogP contribution in [-0.4, -0.2) is 48.3 Å². The fraction of sp³-hybridized carbons (Fsp3) is 0.571. The second-order valence-electron chi connectivity index (χ2n) is 11.4. The molecule has 1 saturated carbocycles. The number of carbonyl (C=O) groups excluding carboxylic acids is 1. The van der Waals surface area contributed by atoms with E-state index in [9.17, 15) is 4.79 Å². The van der Waals surface area contributed by atoms with E-state index in [-0.39, 0.29) is 23.7 Å². The summed E-state index contributed by atoms with van der Waals surface area (Å²) in [5, 5.41) is 3.22. The third kappa shape index (κ3) is 4.40. The molecule has 2 aromatic rings. The molecule has 1 aromatic carbocycles. The van der Waals surface area contributed by atoms with Crippen LogP contribution in [0.5, 0.6) is 5.88 Å². The smallest absolute Gasteiger partial charge is 0.407 e. The normalized spacial score (nSPS) is 28.9. The number of ether oxygens (including phenoxy) is 2. The van der Waals surface area contributed by atoms with E-state index in [4.69, 9.17) is 9.47 Å². The molecule has 2 aliphatic carbocycles. The van der Waals surface area contributed by atoms with Crippen molar-refractivity contribution in [3.05, 3.63) is 47.7 Å². The topological polar surface area (TPSA) is 63.7 Å². The summed E-state index contributed by atoms with van der Waals surface area (Å²) in [6.07, 6.45) is 7.38. The zero-order valence-electron chi connectivity index (χ0n) is 20.3. The first kappa shape index (κ1) is 21.9. The zero-order valence-corrected chi connectivity index (χ0v) is 20.3. The molecule has 180 valence electrons. The molecule has 1 aromatic heterocycles. The van der Waals surface area contributed by atoms with Gasteiger partial charge in [0.05, 0.1) is 12.6 Å². The first-order valence-electron chi connectivity index (χ1n) is 12.9. The molecular weight excluding hydrogens is 426 g/mol. The number of nitrogens with zero attached hydrogens (tertiary/aromatic N) is 2. The van der Waals surface area contributed by atoms with Crippen molar-refractivity contribution in [3.8, 4) is 17.0 Å². The van der Waals surface area contributed by atoms with E-state index in [1.165, 1.54) is 24.0 Å². The monoisotopic (exact) mass is 461 g/mol. The molecule has 2 atom stereocenters. The van der Waals surface area contributed by atoms with Crippen molar-refractivity contribution >= 4 is 6.09 Å². The summed E-state index contributed by atoms with van der Waals surface area (Å²) in [6, 6.07) is 10.5. The van der Waals surface area contributed by atoms with Crippen molar-refractivity contribution in [1.82, 2.24) is 15.2 Å². The Kier molecular flexibility index (Phi) is 5.51. The molecule has 4 fully saturated rings. The van der Waals surface area contributed by atoms with Gasteiger partial charge in [-0.1, -0.05) is 32.0 Å². The Bertz CT molecular complexity index is 1060. The minimum absolute atomic E-state index is 0.0255. The molecule has 2 bridgehead atoms. The summed E-state index contributed by atoms with van der Waals surface area (Å²) in [6.45, 7) is 8.38. The lowest BCUT2D eigenvalue weighted by Gasteiger charge is -2.44. The van der Waals surface area contributed by atoms with Gasteiger partial charge in [-0.3, -0.25) is 4.90 Å². The van der Waals surface area contributed by atoms with Crippen molar-refractivity contribution in [2.75, 3.05) is 26.2 Å². The van der Waals surface area contributed by atoms with Crippen molar-refractivity contribution in [1.29, 1.82) is 0 Å². The van der Waals surface area contributed by atoms with Gasteiger partial charge in [0.2, 0.25) is 5.88 Å². The van der Waals surface area contributed by atoms with Gasteiger partial charge in [0.25, 0.3) is 0 Å². The average molecular weight is 462 g/mol. The van der Waals surface area contributed by atoms with E-state index in [0.29, 0.717) is 11.8 Å². The second-order valence-corrected chi connectivity index (χ2v) is 11.4. The molecule has 5 aliphatic rings. The molecular formula is C28H35N3O3. The molecule has 4 heterocycles. The van der Waals surface area contributed by atoms with Crippen LogP contribution in [0.1, 0.15) is 56.7 Å². The van der Waals surface area contributed by atoms with Crippen LogP contribution in [0.4, 0.5) is 4.79 Å². The van der Waals surface area contributed by atoms with Crippen molar-refractivity contribution in [2.45, 2.75) is 58.1 Å². The van der Waals surface area contributed by atoms with Gasteiger partial charge >= 0.3 is 6.09 Å². The number of fused-ring (bicyclic) bond motifs is 4. The third-order valence-electron chi connectivity index (χ3n) is 8.23. The number of hydrogen-bond donors (Lipinski definition) is 1. The Labute approximate surface area is 202 Å². The van der Waals surface area contributed by atoms with E-state index >= 15 is 0 Å². The molecule has 0 spiro atoms. The number of aromatic nitrogens is 1. The second kappa shape index (κ2) is 8.56. The summed E-state index contributed by atoms with van der Waals surface area (Å²) in [4.78, 5) is 19.8. The van der Waals surface area contributed by atoms with E-state index in [1.807, 2.05) is 12.3 Å². The average Bonchev–Trinajstić information content (AvgIpc) is 3.63. The van der Waals surface area contributed by atoms with Crippen LogP contribution in [0, 0.1) is 17.3 Å². The maximum absolute atomic E-state index is 12.9. The van der Waals surface area contributed by atoms with Crippen molar-refractivity contribution < 1.29 is 14.3 Å². The molecule has 7 rings (SSSR count). The lowest BCUT2D eigenvalue weighted by molar-refractivity contribution is -0.0348. The van der Waals surface area contributed by atoms with Crippen LogP contribution in [0.2, 0.25) is 0 Å². The first-order chi connectivity index (χ1) is 16.4. The summed E-state index contributed by atoms with van der Waals surface area (Å²) in [7, 11) is 0. The minimum Gasteiger partial charge on any atom is -0.477 e. The van der Waals surface area contributed by atoms with Crippen molar-refractivity contribution in [2.24, 2.45) is 17.3 Å². The van der Waals surface area contributed by atoms with Gasteiger partial charge in [-0.15, -0.1) is 0 Å². The summed E-state index contributed by atoms with van der Waals surface area (Å²) in [5.41, 5.74) is 4.62. The van der Waals surface area contributed by atoms with Gasteiger partial charge in [0, 0.05) is 24.4 Å². The van der Waals surface area contributed by atoms with Crippen LogP contribution in [0.3, 0.4) is 0 Å². The van der Waals surface area contributed by atoms with Gasteiger partial charge in [0.15, 0.2) is 0 Å². The van der Waals surface area contributed by atoms with Crippen LogP contribution in [-0.2, 0) is 11.2 Å². The highest BCUT2D eigenvalue weighted by molar-refractivity contribution is 5.70. The Balaban J connectivity index is 1.14. The number of piperidine rings is 3. The van der Waals surface area contributed by atoms with E-state index in [0.717, 1.165) is 62.5 Å². The minimum atomic E-state index is -0.278. The highest BCUT2D eigenvalue weighted by Crippen LogP contribution is 2.46. The Morgan fingerprint density at radius 1 is 1.12 bits per heavy atom. The highest BCUT2D eigenvalue weighted by Gasteiger charge is 2.42. The number of pyridine rings is 1. The maximum atomic E-state index is 12.9. The Hall–Kier alpha value is -2.60. The molecule has 34 heavy (non-hydrogen) atoms. The number of amides is 1. The predicted octanol–water partition coefficient (Wildman–Crippen LogP) is 4.98. The van der Waals surface area contributed by atoms with Crippen LogP contribution >= 0.6 is 0 Å². The van der Waals surface area contributed by atoms with E-state index in [1.54, 1.807) is 0 Å². The van der Waals surface area contributed by atoms with Gasteiger partial charge in [0.1, 0.15) is 6.10 Å². The molecule has 3 aliphatic heterocycles. The molecule has 6 nitrogen and oxygen atoms in total. The van der Waals surface area contributed by atoms with Crippen LogP contribution in [0.25, 0.3) is 11.1 Å². The SMILES string of the molecule is CC1(C)Cc2cc(-c3ccc(OCC4CC4)nc3)ccc2[C@@H]1NC(=O)O[C@H]1CN2CCC1CC2. The summed E-state index contributed by atoms with van der Waals surface area (Å²) in [5.74, 6) is 1.93. The van der Waals surface area contributed by atoms with E-state index < -0.39 is 0 Å². The lowest BCUT2D eigenvalue weighted by atomic mass is 9.85. The van der Waals surface area contributed by atoms with Crippen LogP contribution < -0.4 is 10.1 Å². The van der Waals surface area contributed by atoms with Gasteiger partial charge < -0.3 is 14.8 Å². The fourth-order valence-corrected chi connectivity index (χ4v) is 5.96. The quantitative estimate of drug-likeness (QED) is 0.657. The zero-order chi connectivity index (χ0) is 23.3. The summed E-state index contributed by atoms with van der Waals surface area (Å²) < 4.78 is 11.7. The third-order valence-corrected chi connectivity index (χ3v) is 8.23. The van der Waals surface area contributed by atoms with Gasteiger partial charge in [-0.05, 0) is 85.2 Å². The number of carbonyl (C=O) groups is 1. The van der Waals surface area contributed by atoms with Crippen molar-refractivity contribution in [3.63, 3.8) is 0 Å². The molecule has 0 unspecified atom stereocenters. The van der Waals surface area contributed by atoms with Crippen LogP contribution in [0.15, 0.2) is 36.5 Å². The van der Waals surface area contributed by atoms with Gasteiger partial charge in [-0.2, -0.15) is 0 Å². The molecule has 0 radical (unpaired) electrons. The Morgan fingerprint density at radius 3 is 2.59 bits per heavy atom. The van der Waals surface area contributed by atoms with E-state index in [2.05, 4.69) is 53.3 Å². The number of nitrogens with one attached hydrogen (secondary N) is 1. The predicted molar refractivity (Wildman–Crippen MR) is 131 cm³/mol. The first-order valence-corrected chi connectivity index (χ1v) is 12.9. The number of hydrogen-bond acceptors (Lipinski definition) is 5. The standard InChI is InChI=1S/C28H35N3O3/c1-28(2)14-22-13-20(21-6-8-25(29-15-21)33-17-18-3-4-18)5-7-23(22)26(28)30-27(32)34-24-16-31-11-9-19(24)10-12-31/h5-8,13,15,18-19,24,26H,3-4,9-12,14,16-17H2,1-2H3,(H,30,32)/t24-,26-/m0/s1. The molecule has 3 saturated heterocycles. The number of rotatable bonds is 6. The molecule has 1 amide bonds.